The fraction of sp³-hybridized carbons (Fsp3) is 0.667. The minimum Gasteiger partial charge on any atom is -0.363 e. The first-order valence-electron chi connectivity index (χ1n) is 10.8. The second kappa shape index (κ2) is 7.66. The summed E-state index contributed by atoms with van der Waals surface area (Å²) in [4.78, 5) is 24.8. The summed E-state index contributed by atoms with van der Waals surface area (Å²) in [5, 5.41) is 11.4. The zero-order valence-corrected chi connectivity index (χ0v) is 19.2. The number of rotatable bonds is 5. The minimum atomic E-state index is -4.71. The van der Waals surface area contributed by atoms with E-state index >= 15 is 0 Å². The van der Waals surface area contributed by atoms with Crippen LogP contribution in [0.15, 0.2) is 18.2 Å². The van der Waals surface area contributed by atoms with Gasteiger partial charge in [0.15, 0.2) is 0 Å². The summed E-state index contributed by atoms with van der Waals surface area (Å²) in [5.41, 5.74) is -3.04. The maximum absolute atomic E-state index is 13.3. The molecule has 1 aromatic rings. The van der Waals surface area contributed by atoms with Crippen molar-refractivity contribution in [3.05, 3.63) is 33.9 Å². The average Bonchev–Trinajstić information content (AvgIpc) is 3.07. The van der Waals surface area contributed by atoms with E-state index in [1.807, 2.05) is 13.8 Å². The van der Waals surface area contributed by atoms with Gasteiger partial charge in [-0.05, 0) is 36.3 Å². The standard InChI is InChI=1S/C21H26F3N3O5S/c1-19(2)14-5-6-20(19,18(28)12-14)13-33(31,32)26-9-7-25(8-10-26)16-4-3-15(21(22,23)24)11-17(16)27(29)30/h3-4,11,14H,5-10,12-13H2,1-2H3. The third-order valence-corrected chi connectivity index (χ3v) is 10.0. The molecule has 1 saturated heterocycles. The molecule has 182 valence electrons. The second-order valence-corrected chi connectivity index (χ2v) is 11.7. The van der Waals surface area contributed by atoms with Crippen molar-refractivity contribution >= 4 is 27.2 Å². The first kappa shape index (κ1) is 23.9. The molecule has 8 nitrogen and oxygen atoms in total. The number of alkyl halides is 3. The van der Waals surface area contributed by atoms with Crippen LogP contribution in [0.3, 0.4) is 0 Å². The lowest BCUT2D eigenvalue weighted by atomic mass is 9.70. The van der Waals surface area contributed by atoms with E-state index in [1.165, 1.54) is 9.21 Å². The van der Waals surface area contributed by atoms with Crippen molar-refractivity contribution in [2.24, 2.45) is 16.7 Å². The van der Waals surface area contributed by atoms with Gasteiger partial charge in [-0.3, -0.25) is 14.9 Å². The monoisotopic (exact) mass is 489 g/mol. The molecular formula is C21H26F3N3O5S. The highest BCUT2D eigenvalue weighted by atomic mass is 32.2. The fourth-order valence-corrected chi connectivity index (χ4v) is 8.03. The number of benzene rings is 1. The maximum atomic E-state index is 13.3. The Morgan fingerprint density at radius 2 is 1.82 bits per heavy atom. The number of nitrogens with zero attached hydrogens (tertiary/aromatic N) is 3. The highest BCUT2D eigenvalue weighted by molar-refractivity contribution is 7.89. The predicted octanol–water partition coefficient (Wildman–Crippen LogP) is 3.46. The molecule has 3 fully saturated rings. The van der Waals surface area contributed by atoms with Gasteiger partial charge in [0.1, 0.15) is 11.5 Å². The number of halogens is 3. The maximum Gasteiger partial charge on any atom is 0.416 e. The highest BCUT2D eigenvalue weighted by Gasteiger charge is 2.65. The van der Waals surface area contributed by atoms with Gasteiger partial charge in [0.05, 0.1) is 16.2 Å². The summed E-state index contributed by atoms with van der Waals surface area (Å²) in [7, 11) is -3.77. The summed E-state index contributed by atoms with van der Waals surface area (Å²) in [6.45, 7) is 4.19. The fourth-order valence-electron chi connectivity index (χ4n) is 5.83. The molecule has 33 heavy (non-hydrogen) atoms. The number of fused-ring (bicyclic) bond motifs is 2. The zero-order valence-electron chi connectivity index (χ0n) is 18.4. The van der Waals surface area contributed by atoms with E-state index in [1.54, 1.807) is 0 Å². The Labute approximate surface area is 189 Å². The molecule has 1 aliphatic heterocycles. The third kappa shape index (κ3) is 3.80. The van der Waals surface area contributed by atoms with E-state index in [9.17, 15) is 36.5 Å². The van der Waals surface area contributed by atoms with Crippen LogP contribution >= 0.6 is 0 Å². The zero-order chi connectivity index (χ0) is 24.4. The molecule has 2 atom stereocenters. The molecule has 12 heteroatoms. The highest BCUT2D eigenvalue weighted by Crippen LogP contribution is 2.64. The van der Waals surface area contributed by atoms with Crippen molar-refractivity contribution in [3.63, 3.8) is 0 Å². The molecule has 2 unspecified atom stereocenters. The van der Waals surface area contributed by atoms with Gasteiger partial charge in [-0.1, -0.05) is 13.8 Å². The Kier molecular flexibility index (Phi) is 5.55. The Morgan fingerprint density at radius 1 is 1.18 bits per heavy atom. The molecular weight excluding hydrogens is 463 g/mol. The summed E-state index contributed by atoms with van der Waals surface area (Å²) < 4.78 is 66.7. The van der Waals surface area contributed by atoms with Crippen LogP contribution in [0.5, 0.6) is 0 Å². The van der Waals surface area contributed by atoms with Gasteiger partial charge in [-0.2, -0.15) is 17.5 Å². The third-order valence-electron chi connectivity index (χ3n) is 8.04. The van der Waals surface area contributed by atoms with Gasteiger partial charge in [-0.25, -0.2) is 8.42 Å². The van der Waals surface area contributed by atoms with E-state index in [0.717, 1.165) is 18.6 Å². The molecule has 0 radical (unpaired) electrons. The number of ketones is 1. The summed E-state index contributed by atoms with van der Waals surface area (Å²) in [6, 6.07) is 2.35. The van der Waals surface area contributed by atoms with Crippen LogP contribution in [0.25, 0.3) is 0 Å². The van der Waals surface area contributed by atoms with Crippen LogP contribution in [0.1, 0.15) is 38.7 Å². The van der Waals surface area contributed by atoms with Crippen LogP contribution < -0.4 is 4.90 Å². The number of sulfonamides is 1. The molecule has 0 spiro atoms. The van der Waals surface area contributed by atoms with Crippen molar-refractivity contribution in [2.75, 3.05) is 36.8 Å². The summed E-state index contributed by atoms with van der Waals surface area (Å²) >= 11 is 0. The van der Waals surface area contributed by atoms with Gasteiger partial charge in [0, 0.05) is 44.1 Å². The van der Waals surface area contributed by atoms with E-state index in [-0.39, 0.29) is 54.7 Å². The molecule has 2 aliphatic carbocycles. The SMILES string of the molecule is CC1(C)C2CCC1(CS(=O)(=O)N1CCN(c3ccc(C(F)(F)F)cc3[N+](=O)[O-])CC1)C(=O)C2. The number of carbonyl (C=O) groups is 1. The molecule has 3 aliphatic rings. The number of piperazine rings is 1. The molecule has 2 saturated carbocycles. The topological polar surface area (TPSA) is 101 Å². The smallest absolute Gasteiger partial charge is 0.363 e. The number of Topliss-reactive ketones (excluding diaryl/α,β-unsaturated/α-hetero) is 1. The van der Waals surface area contributed by atoms with E-state index in [0.29, 0.717) is 18.9 Å². The van der Waals surface area contributed by atoms with Crippen molar-refractivity contribution in [1.82, 2.24) is 4.31 Å². The first-order valence-corrected chi connectivity index (χ1v) is 12.4. The van der Waals surface area contributed by atoms with Crippen LogP contribution in [-0.2, 0) is 21.0 Å². The average molecular weight is 490 g/mol. The normalized spacial score (nSPS) is 27.8. The van der Waals surface area contributed by atoms with Gasteiger partial charge < -0.3 is 4.90 Å². The number of hydrogen-bond donors (Lipinski definition) is 0. The van der Waals surface area contributed by atoms with Gasteiger partial charge in [0.2, 0.25) is 10.0 Å². The lowest BCUT2D eigenvalue weighted by Crippen LogP contribution is -2.52. The Hall–Kier alpha value is -2.21. The number of anilines is 1. The van der Waals surface area contributed by atoms with Crippen molar-refractivity contribution in [3.8, 4) is 0 Å². The lowest BCUT2D eigenvalue weighted by Gasteiger charge is -2.40. The van der Waals surface area contributed by atoms with Gasteiger partial charge in [-0.15, -0.1) is 0 Å². The minimum absolute atomic E-state index is 0.00587. The number of hydrogen-bond acceptors (Lipinski definition) is 6. The van der Waals surface area contributed by atoms with Gasteiger partial charge >= 0.3 is 6.18 Å². The number of nitro benzene ring substituents is 1. The van der Waals surface area contributed by atoms with Crippen molar-refractivity contribution in [2.45, 2.75) is 39.3 Å². The molecule has 2 bridgehead atoms. The molecule has 0 aromatic heterocycles. The van der Waals surface area contributed by atoms with Gasteiger partial charge in [0.25, 0.3) is 5.69 Å². The van der Waals surface area contributed by atoms with Crippen molar-refractivity contribution < 1.29 is 31.3 Å². The van der Waals surface area contributed by atoms with Crippen molar-refractivity contribution in [1.29, 1.82) is 0 Å². The lowest BCUT2D eigenvalue weighted by molar-refractivity contribution is -0.384. The largest absolute Gasteiger partial charge is 0.416 e. The van der Waals surface area contributed by atoms with E-state index in [4.69, 9.17) is 0 Å². The first-order chi connectivity index (χ1) is 15.2. The Balaban J connectivity index is 1.50. The molecule has 0 N–H and O–H groups in total. The van der Waals surface area contributed by atoms with Crippen LogP contribution in [0.2, 0.25) is 0 Å². The summed E-state index contributed by atoms with van der Waals surface area (Å²) in [6.07, 6.45) is -2.91. The van der Waals surface area contributed by atoms with E-state index < -0.39 is 37.8 Å². The van der Waals surface area contributed by atoms with E-state index in [2.05, 4.69) is 0 Å². The Morgan fingerprint density at radius 3 is 2.30 bits per heavy atom. The summed E-state index contributed by atoms with van der Waals surface area (Å²) in [5.74, 6) is -0.0495. The predicted molar refractivity (Wildman–Crippen MR) is 114 cm³/mol. The number of carbonyl (C=O) groups excluding carboxylic acids is 1. The second-order valence-electron chi connectivity index (χ2n) is 9.77. The number of nitro groups is 1. The molecule has 1 aromatic carbocycles. The quantitative estimate of drug-likeness (QED) is 0.464. The molecule has 1 heterocycles. The Bertz CT molecular complexity index is 1100. The van der Waals surface area contributed by atoms with Crippen LogP contribution in [0.4, 0.5) is 24.5 Å². The molecule has 0 amide bonds. The van der Waals surface area contributed by atoms with Crippen LogP contribution in [-0.4, -0.2) is 55.4 Å². The molecule has 4 rings (SSSR count). The van der Waals surface area contributed by atoms with Crippen LogP contribution in [0, 0.1) is 26.9 Å².